The molecular formula is C14H23N3O2. The lowest BCUT2D eigenvalue weighted by Crippen LogP contribution is -2.45. The summed E-state index contributed by atoms with van der Waals surface area (Å²) in [4.78, 5) is 6.74. The summed E-state index contributed by atoms with van der Waals surface area (Å²) in [6.07, 6.45) is 3.65. The van der Waals surface area contributed by atoms with E-state index >= 15 is 0 Å². The van der Waals surface area contributed by atoms with Crippen LogP contribution in [-0.2, 0) is 11.3 Å². The van der Waals surface area contributed by atoms with Crippen LogP contribution in [0.4, 0.5) is 5.82 Å². The first kappa shape index (κ1) is 14.2. The van der Waals surface area contributed by atoms with Crippen molar-refractivity contribution < 1.29 is 9.84 Å². The molecule has 0 bridgehead atoms. The Kier molecular flexibility index (Phi) is 4.39. The number of aliphatic hydroxyl groups excluding tert-OH is 1. The van der Waals surface area contributed by atoms with Crippen molar-refractivity contribution in [2.24, 2.45) is 5.73 Å². The molecule has 1 aliphatic heterocycles. The molecule has 1 aliphatic rings. The van der Waals surface area contributed by atoms with Gasteiger partial charge in [0.05, 0.1) is 18.9 Å². The van der Waals surface area contributed by atoms with Crippen molar-refractivity contribution in [3.8, 4) is 0 Å². The van der Waals surface area contributed by atoms with Crippen LogP contribution in [0.15, 0.2) is 12.3 Å². The number of aromatic nitrogens is 1. The van der Waals surface area contributed by atoms with Gasteiger partial charge in [-0.1, -0.05) is 0 Å². The fourth-order valence-electron chi connectivity index (χ4n) is 2.58. The Morgan fingerprint density at radius 1 is 1.47 bits per heavy atom. The third-order valence-electron chi connectivity index (χ3n) is 3.84. The van der Waals surface area contributed by atoms with Crippen molar-refractivity contribution in [3.63, 3.8) is 0 Å². The molecule has 1 aromatic rings. The van der Waals surface area contributed by atoms with E-state index in [2.05, 4.69) is 16.8 Å². The molecule has 1 fully saturated rings. The van der Waals surface area contributed by atoms with Gasteiger partial charge in [-0.3, -0.25) is 0 Å². The summed E-state index contributed by atoms with van der Waals surface area (Å²) in [5.74, 6) is 1.01. The zero-order valence-electron chi connectivity index (χ0n) is 11.7. The van der Waals surface area contributed by atoms with Crippen LogP contribution in [0, 0.1) is 6.92 Å². The molecule has 0 amide bonds. The van der Waals surface area contributed by atoms with Gasteiger partial charge in [-0.15, -0.1) is 0 Å². The van der Waals surface area contributed by atoms with Crippen LogP contribution >= 0.6 is 0 Å². The number of hydrogen-bond acceptors (Lipinski definition) is 5. The normalized spacial score (nSPS) is 18.6. The smallest absolute Gasteiger partial charge is 0.131 e. The van der Waals surface area contributed by atoms with E-state index in [1.54, 1.807) is 6.20 Å². The molecule has 5 heteroatoms. The van der Waals surface area contributed by atoms with Crippen LogP contribution in [0.2, 0.25) is 0 Å². The van der Waals surface area contributed by atoms with Crippen LogP contribution in [-0.4, -0.2) is 35.5 Å². The number of aryl methyl sites for hydroxylation is 1. The van der Waals surface area contributed by atoms with Crippen molar-refractivity contribution in [2.45, 2.75) is 38.9 Å². The van der Waals surface area contributed by atoms with Crippen LogP contribution in [0.3, 0.4) is 0 Å². The van der Waals surface area contributed by atoms with E-state index < -0.39 is 0 Å². The number of nitrogens with two attached hydrogens (primary N) is 1. The average molecular weight is 265 g/mol. The molecule has 0 aliphatic carbocycles. The maximum atomic E-state index is 9.11. The number of rotatable bonds is 4. The van der Waals surface area contributed by atoms with Gasteiger partial charge < -0.3 is 20.5 Å². The van der Waals surface area contributed by atoms with E-state index in [1.807, 2.05) is 13.0 Å². The van der Waals surface area contributed by atoms with Crippen molar-refractivity contribution in [3.05, 3.63) is 23.4 Å². The highest BCUT2D eigenvalue weighted by molar-refractivity contribution is 5.47. The molecule has 0 saturated carbocycles. The molecule has 2 heterocycles. The highest BCUT2D eigenvalue weighted by Gasteiger charge is 2.31. The summed E-state index contributed by atoms with van der Waals surface area (Å²) < 4.78 is 5.62. The fraction of sp³-hybridized carbons (Fsp3) is 0.643. The van der Waals surface area contributed by atoms with Gasteiger partial charge in [-0.05, 0) is 43.9 Å². The molecule has 2 rings (SSSR count). The van der Waals surface area contributed by atoms with Crippen LogP contribution < -0.4 is 10.6 Å². The number of anilines is 1. The Bertz CT molecular complexity index is 429. The molecule has 0 aromatic carbocycles. The molecule has 0 unspecified atom stereocenters. The van der Waals surface area contributed by atoms with Crippen LogP contribution in [0.5, 0.6) is 0 Å². The largest absolute Gasteiger partial charge is 0.392 e. The number of nitrogens with zero attached hydrogens (tertiary/aromatic N) is 2. The van der Waals surface area contributed by atoms with Gasteiger partial charge in [0.25, 0.3) is 0 Å². The lowest BCUT2D eigenvalue weighted by atomic mass is 9.93. The SMILES string of the molecule is Cc1cc(CO)cnc1N1CCC(C)(OCN)CC1. The van der Waals surface area contributed by atoms with Gasteiger partial charge >= 0.3 is 0 Å². The van der Waals surface area contributed by atoms with E-state index in [-0.39, 0.29) is 18.9 Å². The van der Waals surface area contributed by atoms with E-state index in [0.29, 0.717) is 0 Å². The first-order valence-electron chi connectivity index (χ1n) is 6.73. The van der Waals surface area contributed by atoms with Gasteiger partial charge in [0.15, 0.2) is 0 Å². The number of ether oxygens (including phenoxy) is 1. The van der Waals surface area contributed by atoms with Gasteiger partial charge in [-0.25, -0.2) is 4.98 Å². The van der Waals surface area contributed by atoms with E-state index in [9.17, 15) is 0 Å². The molecule has 106 valence electrons. The van der Waals surface area contributed by atoms with E-state index in [1.165, 1.54) is 0 Å². The predicted octanol–water partition coefficient (Wildman–Crippen LogP) is 1.17. The van der Waals surface area contributed by atoms with Gasteiger partial charge in [0.2, 0.25) is 0 Å². The van der Waals surface area contributed by atoms with E-state index in [4.69, 9.17) is 15.6 Å². The standard InChI is InChI=1S/C14H23N3O2/c1-11-7-12(9-18)8-16-13(11)17-5-3-14(2,4-6-17)19-10-15/h7-8,18H,3-6,9-10,15H2,1-2H3. The lowest BCUT2D eigenvalue weighted by molar-refractivity contribution is -0.0448. The highest BCUT2D eigenvalue weighted by atomic mass is 16.5. The minimum absolute atomic E-state index is 0.0382. The van der Waals surface area contributed by atoms with E-state index in [0.717, 1.165) is 42.9 Å². The third-order valence-corrected chi connectivity index (χ3v) is 3.84. The van der Waals surface area contributed by atoms with Crippen molar-refractivity contribution >= 4 is 5.82 Å². The molecule has 0 atom stereocenters. The van der Waals surface area contributed by atoms with Crippen LogP contribution in [0.25, 0.3) is 0 Å². The Morgan fingerprint density at radius 3 is 2.68 bits per heavy atom. The summed E-state index contributed by atoms with van der Waals surface area (Å²) >= 11 is 0. The van der Waals surface area contributed by atoms with Gasteiger partial charge in [0, 0.05) is 19.3 Å². The Balaban J connectivity index is 2.05. The fourth-order valence-corrected chi connectivity index (χ4v) is 2.58. The van der Waals surface area contributed by atoms with Crippen LogP contribution in [0.1, 0.15) is 30.9 Å². The number of pyridine rings is 1. The summed E-state index contributed by atoms with van der Waals surface area (Å²) in [5.41, 5.74) is 7.33. The van der Waals surface area contributed by atoms with Gasteiger partial charge in [-0.2, -0.15) is 0 Å². The zero-order valence-corrected chi connectivity index (χ0v) is 11.7. The first-order valence-corrected chi connectivity index (χ1v) is 6.73. The maximum absolute atomic E-state index is 9.11. The molecule has 0 radical (unpaired) electrons. The van der Waals surface area contributed by atoms with Crippen molar-refractivity contribution in [2.75, 3.05) is 24.7 Å². The summed E-state index contributed by atoms with van der Waals surface area (Å²) in [7, 11) is 0. The Hall–Kier alpha value is -1.17. The number of piperidine rings is 1. The lowest BCUT2D eigenvalue weighted by Gasteiger charge is -2.39. The second-order valence-electron chi connectivity index (χ2n) is 5.39. The third kappa shape index (κ3) is 3.23. The minimum Gasteiger partial charge on any atom is -0.392 e. The topological polar surface area (TPSA) is 71.6 Å². The maximum Gasteiger partial charge on any atom is 0.131 e. The molecule has 1 saturated heterocycles. The molecule has 19 heavy (non-hydrogen) atoms. The second kappa shape index (κ2) is 5.86. The minimum atomic E-state index is -0.107. The quantitative estimate of drug-likeness (QED) is 0.800. The summed E-state index contributed by atoms with van der Waals surface area (Å²) in [5, 5.41) is 9.11. The highest BCUT2D eigenvalue weighted by Crippen LogP contribution is 2.29. The molecule has 0 spiro atoms. The van der Waals surface area contributed by atoms with Crippen molar-refractivity contribution in [1.82, 2.24) is 4.98 Å². The number of hydrogen-bond donors (Lipinski definition) is 2. The first-order chi connectivity index (χ1) is 9.08. The second-order valence-corrected chi connectivity index (χ2v) is 5.39. The Morgan fingerprint density at radius 2 is 2.16 bits per heavy atom. The predicted molar refractivity (Wildman–Crippen MR) is 74.9 cm³/mol. The molecular weight excluding hydrogens is 242 g/mol. The monoisotopic (exact) mass is 265 g/mol. The summed E-state index contributed by atoms with van der Waals surface area (Å²) in [6, 6.07) is 1.99. The van der Waals surface area contributed by atoms with Gasteiger partial charge in [0.1, 0.15) is 5.82 Å². The van der Waals surface area contributed by atoms with Crippen molar-refractivity contribution in [1.29, 1.82) is 0 Å². The zero-order chi connectivity index (χ0) is 13.9. The summed E-state index contributed by atoms with van der Waals surface area (Å²) in [6.45, 7) is 6.30. The average Bonchev–Trinajstić information content (AvgIpc) is 2.40. The molecule has 1 aromatic heterocycles. The molecule has 3 N–H and O–H groups in total. The molecule has 5 nitrogen and oxygen atoms in total. The Labute approximate surface area is 114 Å². The number of aliphatic hydroxyl groups is 1.